The molecule has 1 atom stereocenters. The lowest BCUT2D eigenvalue weighted by Gasteiger charge is -2.22. The molecular formula is C13H22O6. The Balaban J connectivity index is 4.18. The number of hydrogen-bond acceptors (Lipinski definition) is 6. The van der Waals surface area contributed by atoms with Gasteiger partial charge in [0.05, 0.1) is 12.5 Å². The Hall–Kier alpha value is -1.59. The zero-order chi connectivity index (χ0) is 15.1. The number of ether oxygens (including phenoxy) is 3. The zero-order valence-electron chi connectivity index (χ0n) is 12.1. The van der Waals surface area contributed by atoms with E-state index >= 15 is 0 Å². The third kappa shape index (κ3) is 7.43. The van der Waals surface area contributed by atoms with Crippen molar-refractivity contribution in [2.24, 2.45) is 5.41 Å². The largest absolute Gasteiger partial charge is 0.469 e. The van der Waals surface area contributed by atoms with Gasteiger partial charge in [0.1, 0.15) is 19.1 Å². The lowest BCUT2D eigenvalue weighted by molar-refractivity contribution is -0.167. The average Bonchev–Trinajstić information content (AvgIpc) is 2.32. The Morgan fingerprint density at radius 3 is 2.11 bits per heavy atom. The SMILES string of the molecule is CCC(COC(=O)CC(=O)OC)OC(=O)C(C)(C)C. The Morgan fingerprint density at radius 2 is 1.68 bits per heavy atom. The first-order valence-corrected chi connectivity index (χ1v) is 6.14. The van der Waals surface area contributed by atoms with Gasteiger partial charge in [-0.05, 0) is 27.2 Å². The van der Waals surface area contributed by atoms with Crippen LogP contribution < -0.4 is 0 Å². The van der Waals surface area contributed by atoms with Crippen LogP contribution >= 0.6 is 0 Å². The van der Waals surface area contributed by atoms with E-state index in [1.54, 1.807) is 20.8 Å². The number of rotatable bonds is 6. The second kappa shape index (κ2) is 7.76. The van der Waals surface area contributed by atoms with Crippen LogP contribution in [-0.4, -0.2) is 37.7 Å². The smallest absolute Gasteiger partial charge is 0.317 e. The van der Waals surface area contributed by atoms with Gasteiger partial charge in [0, 0.05) is 0 Å². The molecule has 0 aromatic heterocycles. The summed E-state index contributed by atoms with van der Waals surface area (Å²) in [4.78, 5) is 33.8. The van der Waals surface area contributed by atoms with Gasteiger partial charge < -0.3 is 14.2 Å². The van der Waals surface area contributed by atoms with Crippen LogP contribution in [0.15, 0.2) is 0 Å². The summed E-state index contributed by atoms with van der Waals surface area (Å²) in [5.41, 5.74) is -0.608. The van der Waals surface area contributed by atoms with Crippen LogP contribution in [0.3, 0.4) is 0 Å². The summed E-state index contributed by atoms with van der Waals surface area (Å²) >= 11 is 0. The fourth-order valence-corrected chi connectivity index (χ4v) is 0.990. The third-order valence-electron chi connectivity index (χ3n) is 2.29. The van der Waals surface area contributed by atoms with Crippen LogP contribution in [-0.2, 0) is 28.6 Å². The van der Waals surface area contributed by atoms with E-state index < -0.39 is 29.9 Å². The van der Waals surface area contributed by atoms with E-state index in [1.807, 2.05) is 6.92 Å². The first-order chi connectivity index (χ1) is 8.70. The highest BCUT2D eigenvalue weighted by molar-refractivity contribution is 5.91. The molecule has 6 nitrogen and oxygen atoms in total. The summed E-state index contributed by atoms with van der Waals surface area (Å²) in [6.45, 7) is 6.98. The predicted molar refractivity (Wildman–Crippen MR) is 67.2 cm³/mol. The van der Waals surface area contributed by atoms with E-state index in [2.05, 4.69) is 4.74 Å². The molecule has 0 amide bonds. The van der Waals surface area contributed by atoms with Crippen LogP contribution in [0, 0.1) is 5.41 Å². The van der Waals surface area contributed by atoms with Gasteiger partial charge in [-0.15, -0.1) is 0 Å². The minimum atomic E-state index is -0.697. The van der Waals surface area contributed by atoms with E-state index in [1.165, 1.54) is 7.11 Å². The number of carbonyl (C=O) groups excluding carboxylic acids is 3. The molecule has 0 aliphatic carbocycles. The quantitative estimate of drug-likeness (QED) is 0.414. The molecule has 1 unspecified atom stereocenters. The summed E-state index contributed by atoms with van der Waals surface area (Å²) in [7, 11) is 1.19. The molecule has 0 bridgehead atoms. The third-order valence-corrected chi connectivity index (χ3v) is 2.29. The first kappa shape index (κ1) is 17.4. The molecule has 0 saturated heterocycles. The maximum Gasteiger partial charge on any atom is 0.317 e. The Bertz CT molecular complexity index is 329. The highest BCUT2D eigenvalue weighted by Crippen LogP contribution is 2.17. The summed E-state index contributed by atoms with van der Waals surface area (Å²) in [6, 6.07) is 0. The maximum atomic E-state index is 11.7. The van der Waals surface area contributed by atoms with Crippen LogP contribution in [0.1, 0.15) is 40.5 Å². The summed E-state index contributed by atoms with van der Waals surface area (Å²) < 4.78 is 14.4. The Morgan fingerprint density at radius 1 is 1.11 bits per heavy atom. The van der Waals surface area contributed by atoms with Crippen molar-refractivity contribution in [3.05, 3.63) is 0 Å². The Labute approximate surface area is 113 Å². The van der Waals surface area contributed by atoms with E-state index in [4.69, 9.17) is 9.47 Å². The standard InChI is InChI=1S/C13H22O6/c1-6-9(19-12(16)13(2,3)4)8-18-11(15)7-10(14)17-5/h9H,6-8H2,1-5H3. The summed E-state index contributed by atoms with van der Waals surface area (Å²) in [5, 5.41) is 0. The van der Waals surface area contributed by atoms with Gasteiger partial charge in [-0.3, -0.25) is 14.4 Å². The van der Waals surface area contributed by atoms with Gasteiger partial charge in [-0.1, -0.05) is 6.92 Å². The van der Waals surface area contributed by atoms with Crippen molar-refractivity contribution in [1.29, 1.82) is 0 Å². The van der Waals surface area contributed by atoms with Crippen LogP contribution in [0.2, 0.25) is 0 Å². The van der Waals surface area contributed by atoms with E-state index in [-0.39, 0.29) is 12.6 Å². The summed E-state index contributed by atoms with van der Waals surface area (Å²) in [6.07, 6.45) is -0.429. The molecule has 0 radical (unpaired) electrons. The number of methoxy groups -OCH3 is 1. The molecule has 0 heterocycles. The van der Waals surface area contributed by atoms with E-state index in [0.29, 0.717) is 6.42 Å². The maximum absolute atomic E-state index is 11.7. The molecular weight excluding hydrogens is 252 g/mol. The minimum Gasteiger partial charge on any atom is -0.469 e. The van der Waals surface area contributed by atoms with Crippen LogP contribution in [0.4, 0.5) is 0 Å². The molecule has 0 aromatic carbocycles. The highest BCUT2D eigenvalue weighted by atomic mass is 16.6. The fourth-order valence-electron chi connectivity index (χ4n) is 0.990. The molecule has 0 spiro atoms. The average molecular weight is 274 g/mol. The fraction of sp³-hybridized carbons (Fsp3) is 0.769. The molecule has 6 heteroatoms. The van der Waals surface area contributed by atoms with Gasteiger partial charge in [0.15, 0.2) is 0 Å². The zero-order valence-corrected chi connectivity index (χ0v) is 12.1. The predicted octanol–water partition coefficient (Wildman–Crippen LogP) is 1.46. The van der Waals surface area contributed by atoms with E-state index in [9.17, 15) is 14.4 Å². The lowest BCUT2D eigenvalue weighted by atomic mass is 9.97. The van der Waals surface area contributed by atoms with Crippen LogP contribution in [0.25, 0.3) is 0 Å². The van der Waals surface area contributed by atoms with Gasteiger partial charge in [0.2, 0.25) is 0 Å². The highest BCUT2D eigenvalue weighted by Gasteiger charge is 2.26. The van der Waals surface area contributed by atoms with Crippen molar-refractivity contribution in [2.75, 3.05) is 13.7 Å². The van der Waals surface area contributed by atoms with Crippen LogP contribution in [0.5, 0.6) is 0 Å². The molecule has 0 aliphatic rings. The first-order valence-electron chi connectivity index (χ1n) is 6.14. The molecule has 0 saturated carbocycles. The van der Waals surface area contributed by atoms with Crippen molar-refractivity contribution in [3.63, 3.8) is 0 Å². The van der Waals surface area contributed by atoms with Gasteiger partial charge in [-0.2, -0.15) is 0 Å². The second-order valence-electron chi connectivity index (χ2n) is 5.12. The molecule has 0 aliphatic heterocycles. The normalized spacial score (nSPS) is 12.5. The topological polar surface area (TPSA) is 78.9 Å². The summed E-state index contributed by atoms with van der Waals surface area (Å²) in [5.74, 6) is -1.72. The van der Waals surface area contributed by atoms with E-state index in [0.717, 1.165) is 0 Å². The van der Waals surface area contributed by atoms with Crippen molar-refractivity contribution < 1.29 is 28.6 Å². The molecule has 0 fully saturated rings. The van der Waals surface area contributed by atoms with Gasteiger partial charge >= 0.3 is 17.9 Å². The van der Waals surface area contributed by atoms with Crippen molar-refractivity contribution >= 4 is 17.9 Å². The number of esters is 3. The minimum absolute atomic E-state index is 0.0614. The molecule has 0 rings (SSSR count). The monoisotopic (exact) mass is 274 g/mol. The molecule has 19 heavy (non-hydrogen) atoms. The molecule has 110 valence electrons. The Kier molecular flexibility index (Phi) is 7.11. The van der Waals surface area contributed by atoms with Crippen molar-refractivity contribution in [1.82, 2.24) is 0 Å². The molecule has 0 aromatic rings. The number of carbonyl (C=O) groups is 3. The van der Waals surface area contributed by atoms with Crippen molar-refractivity contribution in [3.8, 4) is 0 Å². The lowest BCUT2D eigenvalue weighted by Crippen LogP contribution is -2.31. The second-order valence-corrected chi connectivity index (χ2v) is 5.12. The number of hydrogen-bond donors (Lipinski definition) is 0. The van der Waals surface area contributed by atoms with Gasteiger partial charge in [0.25, 0.3) is 0 Å². The van der Waals surface area contributed by atoms with Gasteiger partial charge in [-0.25, -0.2) is 0 Å². The molecule has 0 N–H and O–H groups in total. The van der Waals surface area contributed by atoms with Crippen molar-refractivity contribution in [2.45, 2.75) is 46.6 Å².